The largest absolute Gasteiger partial charge is 0.369 e. The summed E-state index contributed by atoms with van der Waals surface area (Å²) in [5.74, 6) is -0.183. The van der Waals surface area contributed by atoms with Crippen molar-refractivity contribution in [3.05, 3.63) is 29.6 Å². The Kier molecular flexibility index (Phi) is 5.42. The molecule has 1 aromatic carbocycles. The van der Waals surface area contributed by atoms with E-state index < -0.39 is 0 Å². The Morgan fingerprint density at radius 3 is 2.59 bits per heavy atom. The molecule has 0 saturated heterocycles. The molecule has 0 atom stereocenters. The van der Waals surface area contributed by atoms with E-state index in [0.29, 0.717) is 12.6 Å². The fourth-order valence-electron chi connectivity index (χ4n) is 2.09. The van der Waals surface area contributed by atoms with E-state index in [1.807, 2.05) is 6.07 Å². The van der Waals surface area contributed by atoms with Crippen molar-refractivity contribution in [2.75, 3.05) is 18.0 Å². The first-order valence-corrected chi connectivity index (χ1v) is 6.35. The van der Waals surface area contributed by atoms with Gasteiger partial charge in [-0.2, -0.15) is 0 Å². The third kappa shape index (κ3) is 3.70. The smallest absolute Gasteiger partial charge is 0.123 e. The summed E-state index contributed by atoms with van der Waals surface area (Å²) in [6.07, 6.45) is 1.80. The number of nitrogens with two attached hydrogens (primary N) is 1. The van der Waals surface area contributed by atoms with Crippen LogP contribution in [0.4, 0.5) is 10.1 Å². The summed E-state index contributed by atoms with van der Waals surface area (Å²) in [5, 5.41) is 0. The third-order valence-electron chi connectivity index (χ3n) is 2.85. The van der Waals surface area contributed by atoms with E-state index in [2.05, 4.69) is 25.7 Å². The number of halogens is 1. The molecular weight excluding hydrogens is 215 g/mol. The molecule has 0 aliphatic carbocycles. The van der Waals surface area contributed by atoms with Gasteiger partial charge in [0.05, 0.1) is 0 Å². The van der Waals surface area contributed by atoms with E-state index >= 15 is 0 Å². The Morgan fingerprint density at radius 1 is 1.35 bits per heavy atom. The second-order valence-corrected chi connectivity index (χ2v) is 4.60. The predicted octanol–water partition coefficient (Wildman–Crippen LogP) is 2.95. The average molecular weight is 238 g/mol. The highest BCUT2D eigenvalue weighted by molar-refractivity contribution is 5.54. The van der Waals surface area contributed by atoms with Gasteiger partial charge in [0.15, 0.2) is 0 Å². The van der Waals surface area contributed by atoms with E-state index in [9.17, 15) is 4.39 Å². The first kappa shape index (κ1) is 14.0. The molecule has 1 aromatic rings. The molecule has 0 aliphatic heterocycles. The number of anilines is 1. The highest BCUT2D eigenvalue weighted by atomic mass is 19.1. The standard InChI is InChI=1S/C14H23FN2/c1-4-9-17(11(2)3)14-6-5-13(15)10-12(14)7-8-16/h5-6,10-11H,4,7-9,16H2,1-3H3. The zero-order valence-electron chi connectivity index (χ0n) is 11.0. The van der Waals surface area contributed by atoms with Crippen molar-refractivity contribution in [3.63, 3.8) is 0 Å². The van der Waals surface area contributed by atoms with Crippen LogP contribution in [0.15, 0.2) is 18.2 Å². The molecule has 0 unspecified atom stereocenters. The number of nitrogens with zero attached hydrogens (tertiary/aromatic N) is 1. The van der Waals surface area contributed by atoms with Crippen LogP contribution in [0.5, 0.6) is 0 Å². The average Bonchev–Trinajstić information content (AvgIpc) is 2.27. The van der Waals surface area contributed by atoms with E-state index in [4.69, 9.17) is 5.73 Å². The summed E-state index contributed by atoms with van der Waals surface area (Å²) in [6, 6.07) is 5.42. The molecular formula is C14H23FN2. The molecule has 17 heavy (non-hydrogen) atoms. The van der Waals surface area contributed by atoms with Crippen LogP contribution in [-0.2, 0) is 6.42 Å². The van der Waals surface area contributed by atoms with Crippen LogP contribution in [0.1, 0.15) is 32.8 Å². The first-order chi connectivity index (χ1) is 8.10. The monoisotopic (exact) mass is 238 g/mol. The molecule has 0 bridgehead atoms. The van der Waals surface area contributed by atoms with Crippen LogP contribution < -0.4 is 10.6 Å². The minimum Gasteiger partial charge on any atom is -0.369 e. The lowest BCUT2D eigenvalue weighted by atomic mass is 10.1. The SMILES string of the molecule is CCCN(c1ccc(F)cc1CCN)C(C)C. The van der Waals surface area contributed by atoms with Gasteiger partial charge in [-0.05, 0) is 57.0 Å². The van der Waals surface area contributed by atoms with Crippen LogP contribution in [0.3, 0.4) is 0 Å². The fourth-order valence-corrected chi connectivity index (χ4v) is 2.09. The number of hydrogen-bond donors (Lipinski definition) is 1. The Bertz CT molecular complexity index is 350. The Hall–Kier alpha value is -1.09. The summed E-state index contributed by atoms with van der Waals surface area (Å²) in [5.41, 5.74) is 7.72. The number of benzene rings is 1. The predicted molar refractivity (Wildman–Crippen MR) is 71.9 cm³/mol. The van der Waals surface area contributed by atoms with Gasteiger partial charge in [0, 0.05) is 18.3 Å². The van der Waals surface area contributed by atoms with Gasteiger partial charge in [-0.25, -0.2) is 4.39 Å². The highest BCUT2D eigenvalue weighted by Crippen LogP contribution is 2.24. The van der Waals surface area contributed by atoms with Crippen molar-refractivity contribution in [2.24, 2.45) is 5.73 Å². The lowest BCUT2D eigenvalue weighted by molar-refractivity contribution is 0.621. The first-order valence-electron chi connectivity index (χ1n) is 6.35. The van der Waals surface area contributed by atoms with Gasteiger partial charge in [-0.3, -0.25) is 0 Å². The van der Waals surface area contributed by atoms with Crippen LogP contribution in [0.25, 0.3) is 0 Å². The van der Waals surface area contributed by atoms with Crippen LogP contribution in [-0.4, -0.2) is 19.1 Å². The summed E-state index contributed by atoms with van der Waals surface area (Å²) < 4.78 is 13.3. The molecule has 0 aliphatic rings. The highest BCUT2D eigenvalue weighted by Gasteiger charge is 2.13. The zero-order valence-corrected chi connectivity index (χ0v) is 11.0. The molecule has 2 N–H and O–H groups in total. The molecule has 0 amide bonds. The minimum atomic E-state index is -0.183. The second kappa shape index (κ2) is 6.60. The lowest BCUT2D eigenvalue weighted by Gasteiger charge is -2.30. The van der Waals surface area contributed by atoms with E-state index in [1.54, 1.807) is 6.07 Å². The topological polar surface area (TPSA) is 29.3 Å². The van der Waals surface area contributed by atoms with Crippen LogP contribution >= 0.6 is 0 Å². The van der Waals surface area contributed by atoms with Crippen molar-refractivity contribution < 1.29 is 4.39 Å². The summed E-state index contributed by atoms with van der Waals surface area (Å²) >= 11 is 0. The van der Waals surface area contributed by atoms with E-state index in [-0.39, 0.29) is 5.82 Å². The van der Waals surface area contributed by atoms with Gasteiger partial charge in [-0.15, -0.1) is 0 Å². The molecule has 0 radical (unpaired) electrons. The van der Waals surface area contributed by atoms with Crippen molar-refractivity contribution in [1.29, 1.82) is 0 Å². The molecule has 2 nitrogen and oxygen atoms in total. The molecule has 0 spiro atoms. The second-order valence-electron chi connectivity index (χ2n) is 4.60. The maximum Gasteiger partial charge on any atom is 0.123 e. The van der Waals surface area contributed by atoms with Gasteiger partial charge in [0.25, 0.3) is 0 Å². The van der Waals surface area contributed by atoms with Gasteiger partial charge < -0.3 is 10.6 Å². The number of hydrogen-bond acceptors (Lipinski definition) is 2. The van der Waals surface area contributed by atoms with Gasteiger partial charge >= 0.3 is 0 Å². The molecule has 96 valence electrons. The fraction of sp³-hybridized carbons (Fsp3) is 0.571. The third-order valence-corrected chi connectivity index (χ3v) is 2.85. The van der Waals surface area contributed by atoms with Crippen LogP contribution in [0, 0.1) is 5.82 Å². The minimum absolute atomic E-state index is 0.183. The molecule has 0 fully saturated rings. The maximum atomic E-state index is 13.3. The lowest BCUT2D eigenvalue weighted by Crippen LogP contribution is -2.32. The van der Waals surface area contributed by atoms with Crippen molar-refractivity contribution >= 4 is 5.69 Å². The van der Waals surface area contributed by atoms with E-state index in [0.717, 1.165) is 30.6 Å². The molecule has 0 saturated carbocycles. The summed E-state index contributed by atoms with van der Waals surface area (Å²) in [7, 11) is 0. The molecule has 0 aromatic heterocycles. The summed E-state index contributed by atoms with van der Waals surface area (Å²) in [6.45, 7) is 8.01. The Balaban J connectivity index is 3.07. The quantitative estimate of drug-likeness (QED) is 0.825. The molecule has 0 heterocycles. The van der Waals surface area contributed by atoms with E-state index in [1.165, 1.54) is 6.07 Å². The Morgan fingerprint density at radius 2 is 2.06 bits per heavy atom. The summed E-state index contributed by atoms with van der Waals surface area (Å²) in [4.78, 5) is 2.31. The van der Waals surface area contributed by atoms with Crippen molar-refractivity contribution in [2.45, 2.75) is 39.7 Å². The maximum absolute atomic E-state index is 13.3. The normalized spacial score (nSPS) is 10.9. The Labute approximate surface area is 104 Å². The van der Waals surface area contributed by atoms with Gasteiger partial charge in [0.1, 0.15) is 5.82 Å². The van der Waals surface area contributed by atoms with Crippen molar-refractivity contribution in [1.82, 2.24) is 0 Å². The van der Waals surface area contributed by atoms with Gasteiger partial charge in [0.2, 0.25) is 0 Å². The number of rotatable bonds is 6. The van der Waals surface area contributed by atoms with Crippen LogP contribution in [0.2, 0.25) is 0 Å². The van der Waals surface area contributed by atoms with Crippen molar-refractivity contribution in [3.8, 4) is 0 Å². The zero-order chi connectivity index (χ0) is 12.8. The van der Waals surface area contributed by atoms with Gasteiger partial charge in [-0.1, -0.05) is 6.92 Å². The molecule has 1 rings (SSSR count). The molecule has 3 heteroatoms.